The van der Waals surface area contributed by atoms with Crippen molar-refractivity contribution in [1.29, 1.82) is 0 Å². The molecule has 0 saturated heterocycles. The summed E-state index contributed by atoms with van der Waals surface area (Å²) in [5, 5.41) is 6.32. The zero-order valence-electron chi connectivity index (χ0n) is 11.3. The van der Waals surface area contributed by atoms with Crippen LogP contribution in [0.1, 0.15) is 37.0 Å². The van der Waals surface area contributed by atoms with Gasteiger partial charge < -0.3 is 10.6 Å². The molecule has 1 aliphatic rings. The molecule has 1 heterocycles. The second-order valence-electron chi connectivity index (χ2n) is 5.20. The van der Waals surface area contributed by atoms with Gasteiger partial charge in [-0.05, 0) is 49.9 Å². The summed E-state index contributed by atoms with van der Waals surface area (Å²) in [6.45, 7) is 5.99. The van der Waals surface area contributed by atoms with Crippen molar-refractivity contribution < 1.29 is 4.79 Å². The minimum absolute atomic E-state index is 0.150. The van der Waals surface area contributed by atoms with E-state index in [1.807, 2.05) is 13.8 Å². The van der Waals surface area contributed by atoms with E-state index in [-0.39, 0.29) is 11.9 Å². The maximum atomic E-state index is 11.7. The fraction of sp³-hybridized carbons (Fsp3) is 0.533. The maximum Gasteiger partial charge on any atom is 0.220 e. The third-order valence-electron chi connectivity index (χ3n) is 3.31. The van der Waals surface area contributed by atoms with Crippen molar-refractivity contribution in [3.8, 4) is 0 Å². The van der Waals surface area contributed by atoms with Crippen LogP contribution in [0.4, 0.5) is 0 Å². The fourth-order valence-corrected chi connectivity index (χ4v) is 2.49. The van der Waals surface area contributed by atoms with Crippen LogP contribution in [0.25, 0.3) is 0 Å². The predicted octanol–water partition coefficient (Wildman–Crippen LogP) is 1.79. The number of rotatable bonds is 4. The van der Waals surface area contributed by atoms with Crippen LogP contribution in [0.3, 0.4) is 0 Å². The van der Waals surface area contributed by atoms with Gasteiger partial charge in [0, 0.05) is 19.0 Å². The highest BCUT2D eigenvalue weighted by Gasteiger charge is 2.13. The molecule has 3 heteroatoms. The topological polar surface area (TPSA) is 41.1 Å². The quantitative estimate of drug-likeness (QED) is 0.850. The molecule has 0 saturated carbocycles. The SMILES string of the molecule is CC(C)NC(=O)CCc1cccc2c1CCNC2. The minimum atomic E-state index is 0.150. The molecule has 2 rings (SSSR count). The van der Waals surface area contributed by atoms with Crippen LogP contribution in [0.2, 0.25) is 0 Å². The van der Waals surface area contributed by atoms with Crippen LogP contribution in [0.15, 0.2) is 18.2 Å². The molecule has 0 atom stereocenters. The fourth-order valence-electron chi connectivity index (χ4n) is 2.49. The third-order valence-corrected chi connectivity index (χ3v) is 3.31. The van der Waals surface area contributed by atoms with Gasteiger partial charge in [0.15, 0.2) is 0 Å². The van der Waals surface area contributed by atoms with Crippen molar-refractivity contribution in [2.24, 2.45) is 0 Å². The zero-order valence-corrected chi connectivity index (χ0v) is 11.3. The number of fused-ring (bicyclic) bond motifs is 1. The molecule has 0 aliphatic carbocycles. The molecule has 1 amide bonds. The Labute approximate surface area is 109 Å². The molecule has 0 radical (unpaired) electrons. The molecule has 0 aromatic heterocycles. The van der Waals surface area contributed by atoms with E-state index >= 15 is 0 Å². The minimum Gasteiger partial charge on any atom is -0.354 e. The summed E-state index contributed by atoms with van der Waals surface area (Å²) in [7, 11) is 0. The van der Waals surface area contributed by atoms with Crippen LogP contribution < -0.4 is 10.6 Å². The molecule has 3 nitrogen and oxygen atoms in total. The van der Waals surface area contributed by atoms with Crippen molar-refractivity contribution in [2.45, 2.75) is 45.7 Å². The first-order chi connectivity index (χ1) is 8.66. The molecule has 0 fully saturated rings. The summed E-state index contributed by atoms with van der Waals surface area (Å²) < 4.78 is 0. The average molecular weight is 246 g/mol. The lowest BCUT2D eigenvalue weighted by molar-refractivity contribution is -0.121. The number of carbonyl (C=O) groups excluding carboxylic acids is 1. The number of benzene rings is 1. The second kappa shape index (κ2) is 6.01. The van der Waals surface area contributed by atoms with E-state index in [1.165, 1.54) is 16.7 Å². The van der Waals surface area contributed by atoms with Crippen LogP contribution in [0, 0.1) is 0 Å². The third kappa shape index (κ3) is 3.33. The number of carbonyl (C=O) groups is 1. The first-order valence-corrected chi connectivity index (χ1v) is 6.76. The Morgan fingerprint density at radius 2 is 2.28 bits per heavy atom. The predicted molar refractivity (Wildman–Crippen MR) is 73.5 cm³/mol. The van der Waals surface area contributed by atoms with Gasteiger partial charge in [0.1, 0.15) is 0 Å². The van der Waals surface area contributed by atoms with E-state index in [9.17, 15) is 4.79 Å². The zero-order chi connectivity index (χ0) is 13.0. The van der Waals surface area contributed by atoms with Crippen LogP contribution in [-0.2, 0) is 24.2 Å². The first kappa shape index (κ1) is 13.1. The molecule has 0 bridgehead atoms. The number of aryl methyl sites for hydroxylation is 1. The molecular formula is C15H22N2O. The number of hydrogen-bond acceptors (Lipinski definition) is 2. The standard InChI is InChI=1S/C15H22N2O/c1-11(2)17-15(18)7-6-12-4-3-5-13-10-16-9-8-14(12)13/h3-5,11,16H,6-10H2,1-2H3,(H,17,18). The van der Waals surface area contributed by atoms with Crippen LogP contribution >= 0.6 is 0 Å². The van der Waals surface area contributed by atoms with E-state index in [2.05, 4.69) is 28.8 Å². The van der Waals surface area contributed by atoms with Crippen molar-refractivity contribution in [2.75, 3.05) is 6.54 Å². The summed E-state index contributed by atoms with van der Waals surface area (Å²) in [4.78, 5) is 11.7. The molecule has 18 heavy (non-hydrogen) atoms. The monoisotopic (exact) mass is 246 g/mol. The lowest BCUT2D eigenvalue weighted by atomic mass is 9.93. The maximum absolute atomic E-state index is 11.7. The van der Waals surface area contributed by atoms with Crippen molar-refractivity contribution >= 4 is 5.91 Å². The normalized spacial score (nSPS) is 14.4. The van der Waals surface area contributed by atoms with Gasteiger partial charge in [0.2, 0.25) is 5.91 Å². The van der Waals surface area contributed by atoms with Gasteiger partial charge in [-0.1, -0.05) is 18.2 Å². The first-order valence-electron chi connectivity index (χ1n) is 6.76. The Bertz CT molecular complexity index is 427. The Morgan fingerprint density at radius 1 is 1.44 bits per heavy atom. The molecule has 0 unspecified atom stereocenters. The van der Waals surface area contributed by atoms with E-state index in [0.717, 1.165) is 25.9 Å². The summed E-state index contributed by atoms with van der Waals surface area (Å²) in [6, 6.07) is 6.67. The average Bonchev–Trinajstić information content (AvgIpc) is 2.35. The number of nitrogens with one attached hydrogen (secondary N) is 2. The second-order valence-corrected chi connectivity index (χ2v) is 5.20. The van der Waals surface area contributed by atoms with Gasteiger partial charge in [-0.15, -0.1) is 0 Å². The Balaban J connectivity index is 1.99. The van der Waals surface area contributed by atoms with Crippen molar-refractivity contribution in [3.05, 3.63) is 34.9 Å². The molecule has 98 valence electrons. The highest BCUT2D eigenvalue weighted by molar-refractivity contribution is 5.76. The largest absolute Gasteiger partial charge is 0.354 e. The van der Waals surface area contributed by atoms with E-state index in [0.29, 0.717) is 6.42 Å². The molecule has 1 aromatic rings. The summed E-state index contributed by atoms with van der Waals surface area (Å²) >= 11 is 0. The number of hydrogen-bond donors (Lipinski definition) is 2. The van der Waals surface area contributed by atoms with E-state index < -0.39 is 0 Å². The molecule has 1 aromatic carbocycles. The summed E-state index contributed by atoms with van der Waals surface area (Å²) in [5.74, 6) is 0.150. The highest BCUT2D eigenvalue weighted by Crippen LogP contribution is 2.19. The highest BCUT2D eigenvalue weighted by atomic mass is 16.1. The lowest BCUT2D eigenvalue weighted by Gasteiger charge is -2.20. The van der Waals surface area contributed by atoms with Gasteiger partial charge in [-0.2, -0.15) is 0 Å². The Kier molecular flexibility index (Phi) is 4.37. The molecule has 0 spiro atoms. The number of amides is 1. The Hall–Kier alpha value is -1.35. The lowest BCUT2D eigenvalue weighted by Crippen LogP contribution is -2.30. The van der Waals surface area contributed by atoms with Gasteiger partial charge in [-0.25, -0.2) is 0 Å². The molecular weight excluding hydrogens is 224 g/mol. The Morgan fingerprint density at radius 3 is 3.06 bits per heavy atom. The summed E-state index contributed by atoms with van der Waals surface area (Å²) in [6.07, 6.45) is 2.51. The van der Waals surface area contributed by atoms with Gasteiger partial charge in [0.05, 0.1) is 0 Å². The summed E-state index contributed by atoms with van der Waals surface area (Å²) in [5.41, 5.74) is 4.18. The van der Waals surface area contributed by atoms with Crippen LogP contribution in [-0.4, -0.2) is 18.5 Å². The molecule has 2 N–H and O–H groups in total. The van der Waals surface area contributed by atoms with Crippen molar-refractivity contribution in [1.82, 2.24) is 10.6 Å². The smallest absolute Gasteiger partial charge is 0.220 e. The van der Waals surface area contributed by atoms with Crippen LogP contribution in [0.5, 0.6) is 0 Å². The van der Waals surface area contributed by atoms with Crippen molar-refractivity contribution in [3.63, 3.8) is 0 Å². The van der Waals surface area contributed by atoms with E-state index in [4.69, 9.17) is 0 Å². The van der Waals surface area contributed by atoms with Gasteiger partial charge >= 0.3 is 0 Å². The van der Waals surface area contributed by atoms with Gasteiger partial charge in [0.25, 0.3) is 0 Å². The van der Waals surface area contributed by atoms with Gasteiger partial charge in [-0.3, -0.25) is 4.79 Å². The van der Waals surface area contributed by atoms with E-state index in [1.54, 1.807) is 0 Å². The molecule has 1 aliphatic heterocycles.